The van der Waals surface area contributed by atoms with E-state index in [9.17, 15) is 0 Å². The van der Waals surface area contributed by atoms with Crippen LogP contribution in [0.25, 0.3) is 0 Å². The van der Waals surface area contributed by atoms with Crippen LogP contribution in [0.1, 0.15) is 0 Å². The van der Waals surface area contributed by atoms with Gasteiger partial charge in [0.1, 0.15) is 0 Å². The van der Waals surface area contributed by atoms with Gasteiger partial charge in [0, 0.05) is 0 Å². The predicted octanol–water partition coefficient (Wildman–Crippen LogP) is -13.4. The van der Waals surface area contributed by atoms with Crippen LogP contribution >= 0.6 is 7.82 Å². The van der Waals surface area contributed by atoms with Crippen LogP contribution in [0.2, 0.25) is 0 Å². The topological polar surface area (TPSA) is 456 Å². The van der Waals surface area contributed by atoms with Gasteiger partial charge in [0.25, 0.3) is 0 Å². The van der Waals surface area contributed by atoms with Gasteiger partial charge in [-0.15, -0.1) is 0 Å². The Labute approximate surface area is 208 Å². The van der Waals surface area contributed by atoms with Crippen molar-refractivity contribution in [3.05, 3.63) is 0 Å². The Kier molecular flexibility index (Phi) is 1470. The molecule has 0 aliphatic carbocycles. The van der Waals surface area contributed by atoms with Crippen LogP contribution in [-0.4, -0.2) is 199 Å². The zero-order valence-electron chi connectivity index (χ0n) is 8.20. The van der Waals surface area contributed by atoms with Gasteiger partial charge < -0.3 is 80.4 Å². The maximum absolute atomic E-state index is 8.88. The van der Waals surface area contributed by atoms with E-state index in [-0.39, 0.29) is 184 Å². The molecule has 0 amide bonds. The molecule has 136 valence electrons. The SMILES string of the molecule is O.O.O.O.O.O.O.O.O.O.O.O.O=P(O)(O)O.[NaH].[NaH].[NaH].[NaH]. The molecule has 21 heteroatoms. The second-order valence-corrected chi connectivity index (χ2v) is 1.54. The Morgan fingerprint density at radius 2 is 0.381 bits per heavy atom. The van der Waals surface area contributed by atoms with E-state index in [1.165, 1.54) is 0 Å². The van der Waals surface area contributed by atoms with E-state index in [1.54, 1.807) is 0 Å². The number of hydrogen-bond donors (Lipinski definition) is 3. The summed E-state index contributed by atoms with van der Waals surface area (Å²) in [6.45, 7) is 0. The monoisotopic (exact) mass is 410 g/mol. The van der Waals surface area contributed by atoms with Crippen molar-refractivity contribution < 1.29 is 85.0 Å². The van der Waals surface area contributed by atoms with E-state index in [0.717, 1.165) is 0 Å². The third-order valence-corrected chi connectivity index (χ3v) is 0. The van der Waals surface area contributed by atoms with Crippen molar-refractivity contribution in [3.63, 3.8) is 0 Å². The van der Waals surface area contributed by atoms with Gasteiger partial charge in [-0.2, -0.15) is 0 Å². The second-order valence-electron chi connectivity index (χ2n) is 0.513. The van der Waals surface area contributed by atoms with Gasteiger partial charge in [-0.05, 0) is 0 Å². The van der Waals surface area contributed by atoms with Crippen LogP contribution in [0.3, 0.4) is 0 Å². The fourth-order valence-electron chi connectivity index (χ4n) is 0. The molecule has 0 aromatic heterocycles. The fraction of sp³-hybridized carbons (Fsp3) is 0. The molecule has 0 bridgehead atoms. The predicted molar refractivity (Wildman–Crippen MR) is 86.2 cm³/mol. The van der Waals surface area contributed by atoms with Crippen molar-refractivity contribution >= 4 is 126 Å². The third-order valence-electron chi connectivity index (χ3n) is 0. The minimum absolute atomic E-state index is 0. The molecule has 0 rings (SSSR count). The van der Waals surface area contributed by atoms with Crippen LogP contribution in [0, 0.1) is 0 Å². The Balaban J connectivity index is -0.000000000667. The Bertz CT molecular complexity index is 66.4. The first-order valence-electron chi connectivity index (χ1n) is 0.783. The van der Waals surface area contributed by atoms with Crippen LogP contribution in [0.5, 0.6) is 0 Å². The maximum atomic E-state index is 8.88. The molecular formula is H31Na4O16P. The summed E-state index contributed by atoms with van der Waals surface area (Å²) in [7, 11) is -4.64. The first kappa shape index (κ1) is 236. The Hall–Kier alpha value is 3.63. The van der Waals surface area contributed by atoms with Crippen LogP contribution < -0.4 is 0 Å². The number of rotatable bonds is 0. The van der Waals surface area contributed by atoms with Gasteiger partial charge in [0.2, 0.25) is 0 Å². The van der Waals surface area contributed by atoms with E-state index >= 15 is 0 Å². The molecule has 0 saturated carbocycles. The molecule has 0 unspecified atom stereocenters. The van der Waals surface area contributed by atoms with Crippen molar-refractivity contribution in [2.75, 3.05) is 0 Å². The number of phosphoric acid groups is 1. The first-order chi connectivity index (χ1) is 2.00. The summed E-state index contributed by atoms with van der Waals surface area (Å²) in [5, 5.41) is 0. The molecule has 0 atom stereocenters. The van der Waals surface area contributed by atoms with Crippen LogP contribution in [0.15, 0.2) is 0 Å². The van der Waals surface area contributed by atoms with Crippen LogP contribution in [-0.2, 0) is 4.57 Å². The van der Waals surface area contributed by atoms with Crippen LogP contribution in [0.4, 0.5) is 0 Å². The molecule has 27 N–H and O–H groups in total. The van der Waals surface area contributed by atoms with Gasteiger partial charge in [-0.1, -0.05) is 0 Å². The van der Waals surface area contributed by atoms with E-state index in [2.05, 4.69) is 0 Å². The van der Waals surface area contributed by atoms with Gasteiger partial charge in [0.05, 0.1) is 0 Å². The van der Waals surface area contributed by atoms with Crippen molar-refractivity contribution in [1.29, 1.82) is 0 Å². The van der Waals surface area contributed by atoms with Crippen molar-refractivity contribution in [1.82, 2.24) is 0 Å². The summed E-state index contributed by atoms with van der Waals surface area (Å²) in [4.78, 5) is 21.6. The standard InChI is InChI=1S/4Na.H3O4P.12H2O.4H/c;;;;1-5(2,3)4;;;;;;;;;;;;;;;;/h;;;;(H3,1,2,3,4);12*1H2;;;;. The summed E-state index contributed by atoms with van der Waals surface area (Å²) in [5.74, 6) is 0. The second kappa shape index (κ2) is 130. The van der Waals surface area contributed by atoms with Crippen molar-refractivity contribution in [3.8, 4) is 0 Å². The van der Waals surface area contributed by atoms with Gasteiger partial charge in [0.15, 0.2) is 0 Å². The molecule has 16 nitrogen and oxygen atoms in total. The van der Waals surface area contributed by atoms with Gasteiger partial charge >= 0.3 is 126 Å². The van der Waals surface area contributed by atoms with Gasteiger partial charge in [-0.25, -0.2) is 4.57 Å². The van der Waals surface area contributed by atoms with E-state index in [0.29, 0.717) is 0 Å². The average Bonchev–Trinajstić information content (AvgIpc) is 0.722. The summed E-state index contributed by atoms with van der Waals surface area (Å²) < 4.78 is 8.88. The quantitative estimate of drug-likeness (QED) is 0.258. The summed E-state index contributed by atoms with van der Waals surface area (Å²) in [5.41, 5.74) is 0. The summed E-state index contributed by atoms with van der Waals surface area (Å²) in [6, 6.07) is 0. The van der Waals surface area contributed by atoms with E-state index in [1.807, 2.05) is 0 Å². The molecule has 0 aromatic rings. The molecular weight excluding hydrogens is 379 g/mol. The molecule has 0 heterocycles. The van der Waals surface area contributed by atoms with Crippen molar-refractivity contribution in [2.24, 2.45) is 0 Å². The molecule has 0 radical (unpaired) electrons. The molecule has 0 saturated heterocycles. The molecule has 21 heavy (non-hydrogen) atoms. The van der Waals surface area contributed by atoms with E-state index in [4.69, 9.17) is 19.2 Å². The Morgan fingerprint density at radius 3 is 0.381 bits per heavy atom. The third kappa shape index (κ3) is 839. The van der Waals surface area contributed by atoms with E-state index < -0.39 is 7.82 Å². The van der Waals surface area contributed by atoms with Crippen molar-refractivity contribution in [2.45, 2.75) is 0 Å². The minimum atomic E-state index is -4.64. The summed E-state index contributed by atoms with van der Waals surface area (Å²) in [6.07, 6.45) is 0. The Morgan fingerprint density at radius 1 is 0.381 bits per heavy atom. The van der Waals surface area contributed by atoms with Gasteiger partial charge in [-0.3, -0.25) is 0 Å². The summed E-state index contributed by atoms with van der Waals surface area (Å²) >= 11 is 0. The zero-order valence-corrected chi connectivity index (χ0v) is 9.09. The zero-order chi connectivity index (χ0) is 4.50. The molecule has 0 spiro atoms. The molecule has 0 aromatic carbocycles. The first-order valence-corrected chi connectivity index (χ1v) is 2.35. The molecule has 0 fully saturated rings. The molecule has 0 aliphatic rings. The molecule has 0 aliphatic heterocycles. The average molecular weight is 410 g/mol. The number of hydrogen-bond acceptors (Lipinski definition) is 1. The fourth-order valence-corrected chi connectivity index (χ4v) is 0. The normalized spacial score (nSPS) is 2.81.